The van der Waals surface area contributed by atoms with Crippen LogP contribution in [0.3, 0.4) is 0 Å². The summed E-state index contributed by atoms with van der Waals surface area (Å²) < 4.78 is 26.1. The molecule has 1 aliphatic carbocycles. The minimum absolute atomic E-state index is 0.0525. The summed E-state index contributed by atoms with van der Waals surface area (Å²) in [4.78, 5) is 37.8. The van der Waals surface area contributed by atoms with Crippen LogP contribution in [0, 0.1) is 17.0 Å². The van der Waals surface area contributed by atoms with Crippen molar-refractivity contribution in [1.29, 1.82) is 0 Å². The van der Waals surface area contributed by atoms with E-state index in [1.807, 2.05) is 6.92 Å². The Hall–Kier alpha value is -2.51. The molecule has 8 heteroatoms. The number of hydrogen-bond acceptors (Lipinski definition) is 3. The second-order valence-electron chi connectivity index (χ2n) is 7.20. The van der Waals surface area contributed by atoms with Crippen molar-refractivity contribution in [2.24, 2.45) is 5.41 Å². The Balaban J connectivity index is 1.65. The molecule has 6 nitrogen and oxygen atoms in total. The molecule has 1 aromatic rings. The Labute approximate surface area is 149 Å². The minimum Gasteiger partial charge on any atom is -0.325 e. The lowest BCUT2D eigenvalue weighted by atomic mass is 9.70. The molecule has 0 bridgehead atoms. The molecule has 1 aromatic carbocycles. The van der Waals surface area contributed by atoms with E-state index in [9.17, 15) is 23.2 Å². The quantitative estimate of drug-likeness (QED) is 0.806. The van der Waals surface area contributed by atoms with Gasteiger partial charge in [0.1, 0.15) is 12.6 Å². The van der Waals surface area contributed by atoms with E-state index in [2.05, 4.69) is 10.6 Å². The SMILES string of the molecule is CC1([C@H]2NC(=O)N(CC(=O)Nc3ccc(F)c(F)c3)C2=O)CCCCC1. The van der Waals surface area contributed by atoms with Crippen LogP contribution in [0.2, 0.25) is 0 Å². The zero-order chi connectivity index (χ0) is 18.9. The van der Waals surface area contributed by atoms with Crippen molar-refractivity contribution in [1.82, 2.24) is 10.2 Å². The fraction of sp³-hybridized carbons (Fsp3) is 0.500. The van der Waals surface area contributed by atoms with Gasteiger partial charge in [0.2, 0.25) is 5.91 Å². The van der Waals surface area contributed by atoms with Crippen molar-refractivity contribution in [3.8, 4) is 0 Å². The van der Waals surface area contributed by atoms with E-state index in [0.29, 0.717) is 0 Å². The second-order valence-corrected chi connectivity index (χ2v) is 7.20. The van der Waals surface area contributed by atoms with Crippen molar-refractivity contribution in [2.75, 3.05) is 11.9 Å². The van der Waals surface area contributed by atoms with Gasteiger partial charge in [-0.15, -0.1) is 0 Å². The Bertz CT molecular complexity index is 747. The van der Waals surface area contributed by atoms with Crippen LogP contribution in [0.4, 0.5) is 19.3 Å². The molecule has 0 spiro atoms. The summed E-state index contributed by atoms with van der Waals surface area (Å²) in [6.45, 7) is 1.51. The standard InChI is InChI=1S/C18H21F2N3O3/c1-18(7-3-2-4-8-18)15-16(25)23(17(26)22-15)10-14(24)21-11-5-6-12(19)13(20)9-11/h5-6,9,15H,2-4,7-8,10H2,1H3,(H,21,24)(H,22,26)/t15-/m0/s1. The summed E-state index contributed by atoms with van der Waals surface area (Å²) in [6.07, 6.45) is 4.82. The van der Waals surface area contributed by atoms with Gasteiger partial charge in [-0.05, 0) is 30.4 Å². The van der Waals surface area contributed by atoms with Crippen molar-refractivity contribution in [3.63, 3.8) is 0 Å². The van der Waals surface area contributed by atoms with Gasteiger partial charge in [0.15, 0.2) is 11.6 Å². The van der Waals surface area contributed by atoms with E-state index < -0.39 is 42.1 Å². The lowest BCUT2D eigenvalue weighted by Crippen LogP contribution is -2.46. The first-order valence-electron chi connectivity index (χ1n) is 8.67. The monoisotopic (exact) mass is 365 g/mol. The van der Waals surface area contributed by atoms with Gasteiger partial charge in [0, 0.05) is 11.8 Å². The molecular formula is C18H21F2N3O3. The number of hydrogen-bond donors (Lipinski definition) is 2. The Kier molecular flexibility index (Phi) is 4.93. The molecule has 0 aromatic heterocycles. The number of anilines is 1. The third-order valence-electron chi connectivity index (χ3n) is 5.22. The number of rotatable bonds is 4. The average Bonchev–Trinajstić information content (AvgIpc) is 2.88. The maximum absolute atomic E-state index is 13.2. The van der Waals surface area contributed by atoms with Gasteiger partial charge >= 0.3 is 6.03 Å². The van der Waals surface area contributed by atoms with Crippen LogP contribution in [0.5, 0.6) is 0 Å². The molecule has 1 saturated carbocycles. The lowest BCUT2D eigenvalue weighted by Gasteiger charge is -2.37. The van der Waals surface area contributed by atoms with E-state index in [-0.39, 0.29) is 11.1 Å². The van der Waals surface area contributed by atoms with Crippen molar-refractivity contribution < 1.29 is 23.2 Å². The number of nitrogens with zero attached hydrogens (tertiary/aromatic N) is 1. The summed E-state index contributed by atoms with van der Waals surface area (Å²) in [7, 11) is 0. The molecular weight excluding hydrogens is 344 g/mol. The summed E-state index contributed by atoms with van der Waals surface area (Å²) in [5.74, 6) is -3.20. The van der Waals surface area contributed by atoms with Crippen molar-refractivity contribution >= 4 is 23.5 Å². The third-order valence-corrected chi connectivity index (χ3v) is 5.22. The number of carbonyl (C=O) groups excluding carboxylic acids is 3. The number of amides is 4. The highest BCUT2D eigenvalue weighted by Crippen LogP contribution is 2.40. The summed E-state index contributed by atoms with van der Waals surface area (Å²) in [6, 6.07) is 1.69. The zero-order valence-corrected chi connectivity index (χ0v) is 14.5. The van der Waals surface area contributed by atoms with Gasteiger partial charge < -0.3 is 10.6 Å². The average molecular weight is 365 g/mol. The number of benzene rings is 1. The molecule has 1 saturated heterocycles. The highest BCUT2D eigenvalue weighted by atomic mass is 19.2. The number of urea groups is 1. The zero-order valence-electron chi connectivity index (χ0n) is 14.5. The van der Waals surface area contributed by atoms with Crippen LogP contribution in [0.25, 0.3) is 0 Å². The molecule has 140 valence electrons. The van der Waals surface area contributed by atoms with E-state index in [1.165, 1.54) is 6.07 Å². The van der Waals surface area contributed by atoms with Crippen LogP contribution < -0.4 is 10.6 Å². The van der Waals surface area contributed by atoms with Crippen molar-refractivity contribution in [3.05, 3.63) is 29.8 Å². The number of nitrogens with one attached hydrogen (secondary N) is 2. The van der Waals surface area contributed by atoms with E-state index in [0.717, 1.165) is 49.1 Å². The largest absolute Gasteiger partial charge is 0.325 e. The molecule has 0 radical (unpaired) electrons. The number of halogens is 2. The molecule has 3 rings (SSSR count). The highest BCUT2D eigenvalue weighted by Gasteiger charge is 2.49. The van der Waals surface area contributed by atoms with Gasteiger partial charge in [-0.25, -0.2) is 13.6 Å². The summed E-state index contributed by atoms with van der Waals surface area (Å²) in [5, 5.41) is 5.06. The Morgan fingerprint density at radius 1 is 1.23 bits per heavy atom. The predicted octanol–water partition coefficient (Wildman–Crippen LogP) is 2.79. The maximum Gasteiger partial charge on any atom is 0.325 e. The van der Waals surface area contributed by atoms with Crippen LogP contribution in [0.1, 0.15) is 39.0 Å². The topological polar surface area (TPSA) is 78.5 Å². The highest BCUT2D eigenvalue weighted by molar-refractivity contribution is 6.08. The van der Waals surface area contributed by atoms with Gasteiger partial charge in [0.25, 0.3) is 5.91 Å². The molecule has 1 heterocycles. The van der Waals surface area contributed by atoms with E-state index in [4.69, 9.17) is 0 Å². The van der Waals surface area contributed by atoms with Crippen LogP contribution in [0.15, 0.2) is 18.2 Å². The lowest BCUT2D eigenvalue weighted by molar-refractivity contribution is -0.133. The Morgan fingerprint density at radius 3 is 2.58 bits per heavy atom. The van der Waals surface area contributed by atoms with E-state index >= 15 is 0 Å². The molecule has 1 atom stereocenters. The van der Waals surface area contributed by atoms with Gasteiger partial charge in [-0.1, -0.05) is 26.2 Å². The third kappa shape index (κ3) is 3.54. The smallest absolute Gasteiger partial charge is 0.325 e. The van der Waals surface area contributed by atoms with Gasteiger partial charge in [-0.2, -0.15) is 0 Å². The molecule has 2 fully saturated rings. The van der Waals surface area contributed by atoms with E-state index in [1.54, 1.807) is 0 Å². The molecule has 2 N–H and O–H groups in total. The number of imide groups is 1. The second kappa shape index (κ2) is 7.01. The summed E-state index contributed by atoms with van der Waals surface area (Å²) >= 11 is 0. The normalized spacial score (nSPS) is 22.3. The number of carbonyl (C=O) groups is 3. The molecule has 0 unspecified atom stereocenters. The first-order valence-corrected chi connectivity index (χ1v) is 8.67. The molecule has 2 aliphatic rings. The molecule has 4 amide bonds. The molecule has 26 heavy (non-hydrogen) atoms. The summed E-state index contributed by atoms with van der Waals surface area (Å²) in [5.41, 5.74) is -0.257. The van der Waals surface area contributed by atoms with Gasteiger partial charge in [-0.3, -0.25) is 14.5 Å². The molecule has 1 aliphatic heterocycles. The van der Waals surface area contributed by atoms with Gasteiger partial charge in [0.05, 0.1) is 0 Å². The van der Waals surface area contributed by atoms with Crippen molar-refractivity contribution in [2.45, 2.75) is 45.1 Å². The minimum atomic E-state index is -1.09. The first kappa shape index (κ1) is 18.3. The van der Waals surface area contributed by atoms with Crippen LogP contribution >= 0.6 is 0 Å². The van der Waals surface area contributed by atoms with Crippen LogP contribution in [-0.4, -0.2) is 35.3 Å². The fourth-order valence-corrected chi connectivity index (χ4v) is 3.71. The maximum atomic E-state index is 13.2. The fourth-order valence-electron chi connectivity index (χ4n) is 3.71. The predicted molar refractivity (Wildman–Crippen MR) is 90.2 cm³/mol. The first-order chi connectivity index (χ1) is 12.3. The van der Waals surface area contributed by atoms with Crippen LogP contribution in [-0.2, 0) is 9.59 Å². The Morgan fingerprint density at radius 2 is 1.92 bits per heavy atom.